The van der Waals surface area contributed by atoms with E-state index in [1.54, 1.807) is 0 Å². The molecule has 1 atom stereocenters. The third-order valence-corrected chi connectivity index (χ3v) is 5.71. The molecule has 1 fully saturated rings. The van der Waals surface area contributed by atoms with Gasteiger partial charge in [-0.25, -0.2) is 0 Å². The smallest absolute Gasteiger partial charge is 0.0595 e. The van der Waals surface area contributed by atoms with Crippen LogP contribution in [-0.2, 0) is 6.42 Å². The van der Waals surface area contributed by atoms with Crippen molar-refractivity contribution < 1.29 is 0 Å². The molecular weight excluding hydrogens is 301 g/mol. The third-order valence-electron chi connectivity index (χ3n) is 4.97. The summed E-state index contributed by atoms with van der Waals surface area (Å²) in [6.07, 6.45) is 9.29. The summed E-state index contributed by atoms with van der Waals surface area (Å²) in [6.45, 7) is 2.30. The number of rotatable bonds is 6. The third kappa shape index (κ3) is 4.87. The summed E-state index contributed by atoms with van der Waals surface area (Å²) in [4.78, 5) is 0. The maximum atomic E-state index is 6.13. The van der Waals surface area contributed by atoms with Crippen molar-refractivity contribution >= 4 is 23.2 Å². The predicted octanol–water partition coefficient (Wildman–Crippen LogP) is 5.73. The molecule has 0 aromatic heterocycles. The highest BCUT2D eigenvalue weighted by Gasteiger charge is 2.26. The summed E-state index contributed by atoms with van der Waals surface area (Å²) in [7, 11) is 2.08. The molecule has 1 saturated carbocycles. The Hall–Kier alpha value is -0.240. The van der Waals surface area contributed by atoms with Gasteiger partial charge in [0.2, 0.25) is 0 Å². The second kappa shape index (κ2) is 8.41. The SMILES string of the molecule is CCCC1CCC(C(Cc2ccc(Cl)c(Cl)c2)NC)CC1. The number of hydrogen-bond acceptors (Lipinski definition) is 1. The van der Waals surface area contributed by atoms with E-state index in [0.717, 1.165) is 18.3 Å². The van der Waals surface area contributed by atoms with Crippen LogP contribution in [-0.4, -0.2) is 13.1 Å². The minimum atomic E-state index is 0.546. The van der Waals surface area contributed by atoms with Gasteiger partial charge >= 0.3 is 0 Å². The minimum Gasteiger partial charge on any atom is -0.316 e. The van der Waals surface area contributed by atoms with E-state index in [1.165, 1.54) is 44.1 Å². The Labute approximate surface area is 139 Å². The van der Waals surface area contributed by atoms with Gasteiger partial charge in [-0.1, -0.05) is 61.9 Å². The van der Waals surface area contributed by atoms with Gasteiger partial charge < -0.3 is 5.32 Å². The predicted molar refractivity (Wildman–Crippen MR) is 93.4 cm³/mol. The molecule has 2 rings (SSSR count). The molecule has 0 bridgehead atoms. The molecule has 3 heteroatoms. The molecule has 1 aliphatic carbocycles. The van der Waals surface area contributed by atoms with Gasteiger partial charge in [-0.05, 0) is 55.8 Å². The Bertz CT molecular complexity index is 439. The normalized spacial score (nSPS) is 24.0. The second-order valence-electron chi connectivity index (χ2n) is 6.42. The van der Waals surface area contributed by atoms with Gasteiger partial charge in [-0.3, -0.25) is 0 Å². The van der Waals surface area contributed by atoms with Crippen LogP contribution in [0, 0.1) is 11.8 Å². The van der Waals surface area contributed by atoms with E-state index in [4.69, 9.17) is 23.2 Å². The van der Waals surface area contributed by atoms with Crippen molar-refractivity contribution in [3.63, 3.8) is 0 Å². The number of hydrogen-bond donors (Lipinski definition) is 1. The zero-order valence-corrected chi connectivity index (χ0v) is 14.7. The minimum absolute atomic E-state index is 0.546. The molecule has 1 N–H and O–H groups in total. The maximum absolute atomic E-state index is 6.13. The highest BCUT2D eigenvalue weighted by Crippen LogP contribution is 2.34. The largest absolute Gasteiger partial charge is 0.316 e. The Morgan fingerprint density at radius 3 is 2.43 bits per heavy atom. The average molecular weight is 328 g/mol. The quantitative estimate of drug-likeness (QED) is 0.703. The van der Waals surface area contributed by atoms with Crippen molar-refractivity contribution in [1.82, 2.24) is 5.32 Å². The van der Waals surface area contributed by atoms with E-state index in [2.05, 4.69) is 25.4 Å². The van der Waals surface area contributed by atoms with Crippen molar-refractivity contribution in [3.8, 4) is 0 Å². The van der Waals surface area contributed by atoms with Gasteiger partial charge in [0.15, 0.2) is 0 Å². The van der Waals surface area contributed by atoms with Crippen molar-refractivity contribution in [2.75, 3.05) is 7.05 Å². The average Bonchev–Trinajstić information content (AvgIpc) is 2.50. The molecule has 0 radical (unpaired) electrons. The van der Waals surface area contributed by atoms with Crippen molar-refractivity contribution in [2.24, 2.45) is 11.8 Å². The summed E-state index contributed by atoms with van der Waals surface area (Å²) < 4.78 is 0. The molecule has 118 valence electrons. The van der Waals surface area contributed by atoms with Crippen LogP contribution in [0.4, 0.5) is 0 Å². The molecule has 1 aliphatic rings. The van der Waals surface area contributed by atoms with Crippen LogP contribution in [0.3, 0.4) is 0 Å². The van der Waals surface area contributed by atoms with Crippen LogP contribution in [0.2, 0.25) is 10.0 Å². The highest BCUT2D eigenvalue weighted by molar-refractivity contribution is 6.42. The fourth-order valence-electron chi connectivity index (χ4n) is 3.71. The number of halogens is 2. The molecule has 1 aromatic rings. The standard InChI is InChI=1S/C18H27Cl2N/c1-3-4-13-5-8-15(9-6-13)18(21-2)12-14-7-10-16(19)17(20)11-14/h7,10-11,13,15,18,21H,3-6,8-9,12H2,1-2H3. The topological polar surface area (TPSA) is 12.0 Å². The lowest BCUT2D eigenvalue weighted by molar-refractivity contribution is 0.217. The van der Waals surface area contributed by atoms with E-state index in [-0.39, 0.29) is 0 Å². The molecule has 0 heterocycles. The zero-order valence-electron chi connectivity index (χ0n) is 13.2. The monoisotopic (exact) mass is 327 g/mol. The fraction of sp³-hybridized carbons (Fsp3) is 0.667. The molecular formula is C18H27Cl2N. The molecule has 1 unspecified atom stereocenters. The second-order valence-corrected chi connectivity index (χ2v) is 7.23. The summed E-state index contributed by atoms with van der Waals surface area (Å²) in [5.74, 6) is 1.76. The lowest BCUT2D eigenvalue weighted by Crippen LogP contribution is -2.37. The highest BCUT2D eigenvalue weighted by atomic mass is 35.5. The molecule has 1 nitrogen and oxygen atoms in total. The lowest BCUT2D eigenvalue weighted by atomic mass is 9.76. The maximum Gasteiger partial charge on any atom is 0.0595 e. The first-order chi connectivity index (χ1) is 10.1. The Kier molecular flexibility index (Phi) is 6.85. The van der Waals surface area contributed by atoms with Gasteiger partial charge in [0.05, 0.1) is 10.0 Å². The van der Waals surface area contributed by atoms with Gasteiger partial charge in [0, 0.05) is 6.04 Å². The van der Waals surface area contributed by atoms with Gasteiger partial charge in [0.25, 0.3) is 0 Å². The van der Waals surface area contributed by atoms with Crippen LogP contribution in [0.5, 0.6) is 0 Å². The van der Waals surface area contributed by atoms with Crippen molar-refractivity contribution in [1.29, 1.82) is 0 Å². The molecule has 0 aliphatic heterocycles. The van der Waals surface area contributed by atoms with Crippen LogP contribution in [0.1, 0.15) is 51.0 Å². The van der Waals surface area contributed by atoms with Gasteiger partial charge in [-0.15, -0.1) is 0 Å². The van der Waals surface area contributed by atoms with E-state index in [9.17, 15) is 0 Å². The first-order valence-electron chi connectivity index (χ1n) is 8.25. The number of nitrogens with one attached hydrogen (secondary N) is 1. The zero-order chi connectivity index (χ0) is 15.2. The summed E-state index contributed by atoms with van der Waals surface area (Å²) in [6, 6.07) is 6.56. The number of likely N-dealkylation sites (N-methyl/N-ethyl adjacent to an activating group) is 1. The Balaban J connectivity index is 1.92. The molecule has 0 saturated heterocycles. The Morgan fingerprint density at radius 1 is 1.14 bits per heavy atom. The summed E-state index contributed by atoms with van der Waals surface area (Å²) in [5.41, 5.74) is 1.28. The Morgan fingerprint density at radius 2 is 1.86 bits per heavy atom. The molecule has 0 amide bonds. The van der Waals surface area contributed by atoms with Crippen molar-refractivity contribution in [3.05, 3.63) is 33.8 Å². The molecule has 0 spiro atoms. The van der Waals surface area contributed by atoms with Gasteiger partial charge in [0.1, 0.15) is 0 Å². The van der Waals surface area contributed by atoms with Crippen molar-refractivity contribution in [2.45, 2.75) is 57.9 Å². The lowest BCUT2D eigenvalue weighted by Gasteiger charge is -2.34. The van der Waals surface area contributed by atoms with E-state index >= 15 is 0 Å². The molecule has 1 aromatic carbocycles. The number of benzene rings is 1. The fourth-order valence-corrected chi connectivity index (χ4v) is 4.03. The van der Waals surface area contributed by atoms with E-state index in [0.29, 0.717) is 16.1 Å². The van der Waals surface area contributed by atoms with Crippen LogP contribution >= 0.6 is 23.2 Å². The summed E-state index contributed by atoms with van der Waals surface area (Å²) in [5, 5.41) is 4.83. The van der Waals surface area contributed by atoms with Crippen LogP contribution in [0.25, 0.3) is 0 Å². The van der Waals surface area contributed by atoms with Crippen LogP contribution in [0.15, 0.2) is 18.2 Å². The van der Waals surface area contributed by atoms with E-state index < -0.39 is 0 Å². The first kappa shape index (κ1) is 17.1. The summed E-state index contributed by atoms with van der Waals surface area (Å²) >= 11 is 12.1. The molecule has 21 heavy (non-hydrogen) atoms. The van der Waals surface area contributed by atoms with Crippen LogP contribution < -0.4 is 5.32 Å². The van der Waals surface area contributed by atoms with E-state index in [1.807, 2.05) is 12.1 Å². The van der Waals surface area contributed by atoms with Gasteiger partial charge in [-0.2, -0.15) is 0 Å². The first-order valence-corrected chi connectivity index (χ1v) is 9.00.